The number of hydrogen-bond acceptors (Lipinski definition) is 8. The highest BCUT2D eigenvalue weighted by Crippen LogP contribution is 2.39. The van der Waals surface area contributed by atoms with Gasteiger partial charge in [0.2, 0.25) is 5.13 Å². The molecule has 2 fully saturated rings. The first-order chi connectivity index (χ1) is 11.0. The van der Waals surface area contributed by atoms with Crippen LogP contribution < -0.4 is 4.90 Å². The van der Waals surface area contributed by atoms with E-state index in [0.29, 0.717) is 32.1 Å². The van der Waals surface area contributed by atoms with E-state index in [1.54, 1.807) is 5.38 Å². The summed E-state index contributed by atoms with van der Waals surface area (Å²) in [6.07, 6.45) is 2.38. The lowest BCUT2D eigenvalue weighted by Crippen LogP contribution is -2.48. The Morgan fingerprint density at radius 1 is 1.17 bits per heavy atom. The highest BCUT2D eigenvalue weighted by molar-refractivity contribution is 7.89. The molecule has 0 aromatic carbocycles. The first-order valence-corrected chi connectivity index (χ1v) is 10.6. The number of nitrogens with zero attached hydrogens (tertiary/aromatic N) is 5. The average Bonchev–Trinajstić information content (AvgIpc) is 3.10. The zero-order valence-electron chi connectivity index (χ0n) is 12.7. The molecule has 7 nitrogen and oxygen atoms in total. The van der Waals surface area contributed by atoms with Gasteiger partial charge < -0.3 is 4.90 Å². The second kappa shape index (κ2) is 5.76. The maximum atomic E-state index is 12.6. The largest absolute Gasteiger partial charge is 0.344 e. The topological polar surface area (TPSA) is 79.3 Å². The Kier molecular flexibility index (Phi) is 3.87. The highest BCUT2D eigenvalue weighted by Gasteiger charge is 2.32. The molecule has 2 aliphatic rings. The third-order valence-electron chi connectivity index (χ3n) is 4.08. The van der Waals surface area contributed by atoms with Crippen LogP contribution in [-0.4, -0.2) is 53.2 Å². The van der Waals surface area contributed by atoms with Crippen LogP contribution in [0.4, 0.5) is 5.13 Å². The molecule has 0 radical (unpaired) electrons. The van der Waals surface area contributed by atoms with E-state index in [1.807, 2.05) is 6.92 Å². The van der Waals surface area contributed by atoms with Crippen LogP contribution in [0, 0.1) is 6.92 Å². The summed E-state index contributed by atoms with van der Waals surface area (Å²) >= 11 is 2.78. The zero-order chi connectivity index (χ0) is 16.0. The SMILES string of the molecule is Cc1nc(S(=O)(=O)N2CCN(c3nc(C4CC4)ns3)CC2)cs1. The molecule has 2 aromatic rings. The monoisotopic (exact) mass is 371 g/mol. The number of anilines is 1. The summed E-state index contributed by atoms with van der Waals surface area (Å²) in [6.45, 7) is 4.01. The van der Waals surface area contributed by atoms with Crippen LogP contribution in [0.3, 0.4) is 0 Å². The van der Waals surface area contributed by atoms with Gasteiger partial charge in [-0.25, -0.2) is 18.4 Å². The smallest absolute Gasteiger partial charge is 0.261 e. The Morgan fingerprint density at radius 2 is 1.91 bits per heavy atom. The fraction of sp³-hybridized carbons (Fsp3) is 0.615. The van der Waals surface area contributed by atoms with Crippen molar-refractivity contribution in [3.8, 4) is 0 Å². The van der Waals surface area contributed by atoms with Crippen LogP contribution in [0.5, 0.6) is 0 Å². The van der Waals surface area contributed by atoms with Crippen LogP contribution in [0.25, 0.3) is 0 Å². The lowest BCUT2D eigenvalue weighted by molar-refractivity contribution is 0.383. The van der Waals surface area contributed by atoms with E-state index in [0.717, 1.165) is 16.0 Å². The number of thiazole rings is 1. The summed E-state index contributed by atoms with van der Waals surface area (Å²) in [6, 6.07) is 0. The lowest BCUT2D eigenvalue weighted by Gasteiger charge is -2.33. The maximum Gasteiger partial charge on any atom is 0.261 e. The van der Waals surface area contributed by atoms with E-state index in [4.69, 9.17) is 0 Å². The van der Waals surface area contributed by atoms with Crippen molar-refractivity contribution in [3.05, 3.63) is 16.2 Å². The summed E-state index contributed by atoms with van der Waals surface area (Å²) in [5.74, 6) is 1.51. The van der Waals surface area contributed by atoms with Gasteiger partial charge in [0.15, 0.2) is 5.03 Å². The van der Waals surface area contributed by atoms with Gasteiger partial charge in [0.1, 0.15) is 5.82 Å². The summed E-state index contributed by atoms with van der Waals surface area (Å²) in [5, 5.41) is 3.46. The first-order valence-electron chi connectivity index (χ1n) is 7.55. The summed E-state index contributed by atoms with van der Waals surface area (Å²) in [7, 11) is -3.47. The van der Waals surface area contributed by atoms with E-state index in [-0.39, 0.29) is 5.03 Å². The van der Waals surface area contributed by atoms with Crippen molar-refractivity contribution in [2.45, 2.75) is 30.7 Å². The van der Waals surface area contributed by atoms with Crippen molar-refractivity contribution in [2.75, 3.05) is 31.1 Å². The molecule has 0 N–H and O–H groups in total. The third kappa shape index (κ3) is 3.00. The van der Waals surface area contributed by atoms with Crippen LogP contribution in [0.2, 0.25) is 0 Å². The van der Waals surface area contributed by atoms with Crippen molar-refractivity contribution in [1.82, 2.24) is 18.6 Å². The summed E-state index contributed by atoms with van der Waals surface area (Å²) in [5.41, 5.74) is 0. The van der Waals surface area contributed by atoms with Crippen molar-refractivity contribution in [2.24, 2.45) is 0 Å². The first kappa shape index (κ1) is 15.4. The van der Waals surface area contributed by atoms with Gasteiger partial charge in [0.05, 0.1) is 5.01 Å². The lowest BCUT2D eigenvalue weighted by atomic mass is 10.4. The standard InChI is InChI=1S/C13H17N5O2S3/c1-9-14-11(8-21-9)23(19,20)18-6-4-17(5-7-18)13-15-12(16-22-13)10-2-3-10/h8,10H,2-7H2,1H3. The second-order valence-electron chi connectivity index (χ2n) is 5.81. The average molecular weight is 372 g/mol. The van der Waals surface area contributed by atoms with Gasteiger partial charge in [-0.05, 0) is 19.8 Å². The summed E-state index contributed by atoms with van der Waals surface area (Å²) in [4.78, 5) is 10.8. The molecule has 1 saturated carbocycles. The molecule has 23 heavy (non-hydrogen) atoms. The molecule has 1 aliphatic heterocycles. The molecule has 0 spiro atoms. The molecule has 0 atom stereocenters. The molecular weight excluding hydrogens is 354 g/mol. The van der Waals surface area contributed by atoms with E-state index >= 15 is 0 Å². The Bertz CT molecular complexity index is 803. The van der Waals surface area contributed by atoms with E-state index in [2.05, 4.69) is 19.2 Å². The van der Waals surface area contributed by atoms with Gasteiger partial charge in [-0.3, -0.25) is 0 Å². The molecule has 0 amide bonds. The van der Waals surface area contributed by atoms with E-state index in [1.165, 1.54) is 40.0 Å². The minimum Gasteiger partial charge on any atom is -0.344 e. The minimum atomic E-state index is -3.47. The maximum absolute atomic E-state index is 12.6. The van der Waals surface area contributed by atoms with Gasteiger partial charge in [-0.15, -0.1) is 11.3 Å². The molecule has 1 aliphatic carbocycles. The van der Waals surface area contributed by atoms with Crippen LogP contribution in [0.15, 0.2) is 10.4 Å². The Balaban J connectivity index is 1.43. The van der Waals surface area contributed by atoms with Crippen molar-refractivity contribution < 1.29 is 8.42 Å². The molecule has 0 unspecified atom stereocenters. The van der Waals surface area contributed by atoms with Gasteiger partial charge in [-0.2, -0.15) is 8.68 Å². The normalized spacial score (nSPS) is 20.1. The number of hydrogen-bond donors (Lipinski definition) is 0. The fourth-order valence-corrected chi connectivity index (χ4v) is 5.70. The fourth-order valence-electron chi connectivity index (χ4n) is 2.58. The molecular formula is C13H17N5O2S3. The Morgan fingerprint density at radius 3 is 2.52 bits per heavy atom. The molecule has 10 heteroatoms. The van der Waals surface area contributed by atoms with Gasteiger partial charge in [0.25, 0.3) is 10.0 Å². The van der Waals surface area contributed by atoms with Gasteiger partial charge in [0, 0.05) is 49.0 Å². The van der Waals surface area contributed by atoms with Crippen LogP contribution in [0.1, 0.15) is 29.6 Å². The molecule has 4 rings (SSSR count). The predicted octanol–water partition coefficient (Wildman–Crippen LogP) is 1.69. The second-order valence-corrected chi connectivity index (χ2v) is 9.48. The summed E-state index contributed by atoms with van der Waals surface area (Å²) < 4.78 is 31.1. The van der Waals surface area contributed by atoms with E-state index in [9.17, 15) is 8.42 Å². The molecule has 124 valence electrons. The Labute approximate surface area is 143 Å². The van der Waals surface area contributed by atoms with Crippen LogP contribution >= 0.6 is 22.9 Å². The number of rotatable bonds is 4. The third-order valence-corrected chi connectivity index (χ3v) is 7.58. The van der Waals surface area contributed by atoms with Crippen molar-refractivity contribution in [3.63, 3.8) is 0 Å². The van der Waals surface area contributed by atoms with Gasteiger partial charge >= 0.3 is 0 Å². The number of aromatic nitrogens is 3. The quantitative estimate of drug-likeness (QED) is 0.814. The predicted molar refractivity (Wildman–Crippen MR) is 89.7 cm³/mol. The highest BCUT2D eigenvalue weighted by atomic mass is 32.2. The Hall–Kier alpha value is -1.10. The zero-order valence-corrected chi connectivity index (χ0v) is 15.1. The van der Waals surface area contributed by atoms with Crippen molar-refractivity contribution in [1.29, 1.82) is 0 Å². The van der Waals surface area contributed by atoms with Gasteiger partial charge in [-0.1, -0.05) is 0 Å². The molecule has 3 heterocycles. The number of aryl methyl sites for hydroxylation is 1. The minimum absolute atomic E-state index is 0.167. The van der Waals surface area contributed by atoms with E-state index < -0.39 is 10.0 Å². The van der Waals surface area contributed by atoms with Crippen molar-refractivity contribution >= 4 is 38.0 Å². The van der Waals surface area contributed by atoms with Crippen LogP contribution in [-0.2, 0) is 10.0 Å². The molecule has 1 saturated heterocycles. The number of sulfonamides is 1. The molecule has 2 aromatic heterocycles. The molecule has 0 bridgehead atoms. The number of piperazine rings is 1.